The molecular formula is C17H18N2OS. The molecule has 3 nitrogen and oxygen atoms in total. The normalized spacial score (nSPS) is 14.8. The molecule has 1 aliphatic rings. The maximum absolute atomic E-state index is 5.47. The molecule has 0 N–H and O–H groups in total. The second-order valence-corrected chi connectivity index (χ2v) is 6.69. The lowest BCUT2D eigenvalue weighted by Crippen LogP contribution is -2.02. The van der Waals surface area contributed by atoms with Gasteiger partial charge in [0.25, 0.3) is 0 Å². The van der Waals surface area contributed by atoms with Gasteiger partial charge in [-0.2, -0.15) is 0 Å². The van der Waals surface area contributed by atoms with Gasteiger partial charge in [0, 0.05) is 28.2 Å². The number of hydrogen-bond donors (Lipinski definition) is 0. The lowest BCUT2D eigenvalue weighted by molar-refractivity contribution is 0.489. The van der Waals surface area contributed by atoms with E-state index in [1.165, 1.54) is 34.8 Å². The summed E-state index contributed by atoms with van der Waals surface area (Å²) < 4.78 is 7.77. The van der Waals surface area contributed by atoms with Gasteiger partial charge in [-0.25, -0.2) is 4.98 Å². The first-order valence-electron chi connectivity index (χ1n) is 7.37. The minimum Gasteiger partial charge on any atom is -0.467 e. The Morgan fingerprint density at radius 2 is 2.24 bits per heavy atom. The fraction of sp³-hybridized carbons (Fsp3) is 0.353. The fourth-order valence-electron chi connectivity index (χ4n) is 2.79. The number of hydrogen-bond acceptors (Lipinski definition) is 3. The van der Waals surface area contributed by atoms with Gasteiger partial charge in [-0.3, -0.25) is 0 Å². The lowest BCUT2D eigenvalue weighted by Gasteiger charge is -2.07. The lowest BCUT2D eigenvalue weighted by atomic mass is 10.2. The highest BCUT2D eigenvalue weighted by Crippen LogP contribution is 2.42. The Labute approximate surface area is 128 Å². The van der Waals surface area contributed by atoms with Crippen molar-refractivity contribution >= 4 is 11.3 Å². The second kappa shape index (κ2) is 4.88. The van der Waals surface area contributed by atoms with Crippen LogP contribution in [0.25, 0.3) is 11.3 Å². The monoisotopic (exact) mass is 298 g/mol. The zero-order valence-electron chi connectivity index (χ0n) is 12.3. The van der Waals surface area contributed by atoms with Crippen LogP contribution in [0, 0.1) is 13.8 Å². The Kier molecular flexibility index (Phi) is 3.00. The van der Waals surface area contributed by atoms with Crippen molar-refractivity contribution in [2.24, 2.45) is 0 Å². The molecule has 0 aromatic carbocycles. The van der Waals surface area contributed by atoms with Crippen LogP contribution in [0.3, 0.4) is 0 Å². The van der Waals surface area contributed by atoms with Crippen LogP contribution < -0.4 is 0 Å². The van der Waals surface area contributed by atoms with Crippen LogP contribution in [0.15, 0.2) is 34.3 Å². The average Bonchev–Trinajstić information content (AvgIpc) is 2.90. The quantitative estimate of drug-likeness (QED) is 0.696. The number of rotatable bonds is 4. The van der Waals surface area contributed by atoms with E-state index in [-0.39, 0.29) is 0 Å². The summed E-state index contributed by atoms with van der Waals surface area (Å²) in [6, 6.07) is 6.20. The molecule has 3 aromatic rings. The van der Waals surface area contributed by atoms with Crippen LogP contribution in [-0.2, 0) is 6.54 Å². The molecule has 0 spiro atoms. The van der Waals surface area contributed by atoms with Crippen LogP contribution in [0.4, 0.5) is 0 Å². The molecular weight excluding hydrogens is 280 g/mol. The topological polar surface area (TPSA) is 31.0 Å². The molecule has 4 rings (SSSR count). The van der Waals surface area contributed by atoms with E-state index in [1.54, 1.807) is 17.6 Å². The van der Waals surface area contributed by atoms with Crippen molar-refractivity contribution in [2.45, 2.75) is 39.2 Å². The van der Waals surface area contributed by atoms with E-state index in [2.05, 4.69) is 29.9 Å². The zero-order valence-corrected chi connectivity index (χ0v) is 13.1. The predicted molar refractivity (Wildman–Crippen MR) is 84.8 cm³/mol. The van der Waals surface area contributed by atoms with E-state index in [0.717, 1.165) is 23.9 Å². The molecule has 0 radical (unpaired) electrons. The molecule has 0 bridgehead atoms. The molecule has 1 saturated carbocycles. The summed E-state index contributed by atoms with van der Waals surface area (Å²) in [6.07, 6.45) is 4.35. The Morgan fingerprint density at radius 1 is 1.38 bits per heavy atom. The number of aryl methyl sites for hydroxylation is 1. The summed E-state index contributed by atoms with van der Waals surface area (Å²) in [5.74, 6) is 1.72. The predicted octanol–water partition coefficient (Wildman–Crippen LogP) is 4.75. The summed E-state index contributed by atoms with van der Waals surface area (Å²) in [6.45, 7) is 5.10. The van der Waals surface area contributed by atoms with Crippen LogP contribution >= 0.6 is 11.3 Å². The van der Waals surface area contributed by atoms with E-state index in [9.17, 15) is 0 Å². The van der Waals surface area contributed by atoms with Gasteiger partial charge >= 0.3 is 0 Å². The zero-order chi connectivity index (χ0) is 14.4. The molecule has 1 aliphatic carbocycles. The summed E-state index contributed by atoms with van der Waals surface area (Å²) >= 11 is 1.81. The van der Waals surface area contributed by atoms with Crippen molar-refractivity contribution in [3.05, 3.63) is 52.0 Å². The summed E-state index contributed by atoms with van der Waals surface area (Å²) in [4.78, 5) is 4.84. The summed E-state index contributed by atoms with van der Waals surface area (Å²) in [5, 5.41) is 3.51. The molecule has 0 amide bonds. The fourth-order valence-corrected chi connectivity index (χ4v) is 3.78. The van der Waals surface area contributed by atoms with Gasteiger partial charge in [0.05, 0.1) is 23.5 Å². The van der Waals surface area contributed by atoms with Gasteiger partial charge in [-0.05, 0) is 44.9 Å². The SMILES string of the molecule is Cc1cc(-c2csc(C3CC3)n2)c(C)n1Cc1ccco1. The summed E-state index contributed by atoms with van der Waals surface area (Å²) in [7, 11) is 0. The van der Waals surface area contributed by atoms with Crippen molar-refractivity contribution in [3.63, 3.8) is 0 Å². The van der Waals surface area contributed by atoms with Gasteiger partial charge in [-0.15, -0.1) is 11.3 Å². The van der Waals surface area contributed by atoms with Gasteiger partial charge in [-0.1, -0.05) is 0 Å². The number of aromatic nitrogens is 2. The Morgan fingerprint density at radius 3 is 2.95 bits per heavy atom. The number of furan rings is 1. The van der Waals surface area contributed by atoms with Gasteiger partial charge in [0.15, 0.2) is 0 Å². The van der Waals surface area contributed by atoms with Crippen molar-refractivity contribution in [1.29, 1.82) is 0 Å². The first-order valence-corrected chi connectivity index (χ1v) is 8.25. The average molecular weight is 298 g/mol. The molecule has 0 saturated heterocycles. The Hall–Kier alpha value is -1.81. The molecule has 0 aliphatic heterocycles. The van der Waals surface area contributed by atoms with Gasteiger partial charge < -0.3 is 8.98 Å². The van der Waals surface area contributed by atoms with E-state index in [0.29, 0.717) is 0 Å². The third kappa shape index (κ3) is 2.33. The van der Waals surface area contributed by atoms with E-state index in [1.807, 2.05) is 12.1 Å². The molecule has 1 fully saturated rings. The second-order valence-electron chi connectivity index (χ2n) is 5.80. The van der Waals surface area contributed by atoms with E-state index in [4.69, 9.17) is 9.40 Å². The highest BCUT2D eigenvalue weighted by Gasteiger charge is 2.27. The molecule has 21 heavy (non-hydrogen) atoms. The number of thiazole rings is 1. The molecule has 3 aromatic heterocycles. The Balaban J connectivity index is 1.69. The highest BCUT2D eigenvalue weighted by atomic mass is 32.1. The van der Waals surface area contributed by atoms with Crippen molar-refractivity contribution in [2.75, 3.05) is 0 Å². The third-order valence-electron chi connectivity index (χ3n) is 4.19. The molecule has 4 heteroatoms. The first-order chi connectivity index (χ1) is 10.2. The minimum atomic E-state index is 0.732. The van der Waals surface area contributed by atoms with Crippen LogP contribution in [0.2, 0.25) is 0 Å². The molecule has 0 unspecified atom stereocenters. The third-order valence-corrected chi connectivity index (χ3v) is 5.20. The molecule has 3 heterocycles. The van der Waals surface area contributed by atoms with E-state index < -0.39 is 0 Å². The smallest absolute Gasteiger partial charge is 0.123 e. The largest absolute Gasteiger partial charge is 0.467 e. The van der Waals surface area contributed by atoms with Gasteiger partial charge in [0.2, 0.25) is 0 Å². The van der Waals surface area contributed by atoms with E-state index >= 15 is 0 Å². The maximum atomic E-state index is 5.47. The number of nitrogens with zero attached hydrogens (tertiary/aromatic N) is 2. The summed E-state index contributed by atoms with van der Waals surface area (Å²) in [5.41, 5.74) is 4.89. The molecule has 0 atom stereocenters. The maximum Gasteiger partial charge on any atom is 0.123 e. The molecule has 108 valence electrons. The Bertz CT molecular complexity index is 763. The van der Waals surface area contributed by atoms with Crippen molar-refractivity contribution < 1.29 is 4.42 Å². The van der Waals surface area contributed by atoms with Crippen molar-refractivity contribution in [1.82, 2.24) is 9.55 Å². The van der Waals surface area contributed by atoms with Crippen LogP contribution in [0.1, 0.15) is 40.9 Å². The minimum absolute atomic E-state index is 0.732. The highest BCUT2D eigenvalue weighted by molar-refractivity contribution is 7.10. The van der Waals surface area contributed by atoms with Gasteiger partial charge in [0.1, 0.15) is 5.76 Å². The standard InChI is InChI=1S/C17H18N2OS/c1-11-8-15(16-10-21-17(18-16)13-5-6-13)12(2)19(11)9-14-4-3-7-20-14/h3-4,7-8,10,13H,5-6,9H2,1-2H3. The first kappa shape index (κ1) is 12.9. The van der Waals surface area contributed by atoms with Crippen LogP contribution in [0.5, 0.6) is 0 Å². The van der Waals surface area contributed by atoms with Crippen molar-refractivity contribution in [3.8, 4) is 11.3 Å². The van der Waals surface area contributed by atoms with Crippen LogP contribution in [-0.4, -0.2) is 9.55 Å².